The van der Waals surface area contributed by atoms with E-state index in [2.05, 4.69) is 33.3 Å². The Morgan fingerprint density at radius 3 is 1.31 bits per heavy atom. The molecule has 0 fully saturated rings. The third-order valence-corrected chi connectivity index (χ3v) is 8.71. The minimum absolute atomic E-state index is 0.0489. The highest BCUT2D eigenvalue weighted by molar-refractivity contribution is 5.75. The average molecular weight is 596 g/mol. The summed E-state index contributed by atoms with van der Waals surface area (Å²) < 4.78 is 6.31. The third kappa shape index (κ3) is 31.8. The molecule has 0 aliphatic heterocycles. The summed E-state index contributed by atoms with van der Waals surface area (Å²) in [6, 6.07) is 0. The molecule has 0 aromatic carbocycles. The summed E-state index contributed by atoms with van der Waals surface area (Å²) in [5.41, 5.74) is 0. The second-order valence-corrected chi connectivity index (χ2v) is 13.6. The molecule has 0 unspecified atom stereocenters. The van der Waals surface area contributed by atoms with Gasteiger partial charge in [-0.3, -0.25) is 9.59 Å². The standard InChI is InChI=1S/C37H74N2O3/c1-5-7-9-11-13-15-17-19-21-23-25-27-30-36(40)38-32-29-33-39(3,4)34-35-42-37(41)31-28-26-24-22-20-18-16-14-12-10-8-6-2/h5-35H2,1-4H3/p+1. The van der Waals surface area contributed by atoms with Crippen molar-refractivity contribution in [3.05, 3.63) is 0 Å². The van der Waals surface area contributed by atoms with Gasteiger partial charge in [0.15, 0.2) is 0 Å². The van der Waals surface area contributed by atoms with Crippen LogP contribution in [-0.4, -0.2) is 56.7 Å². The fourth-order valence-corrected chi connectivity index (χ4v) is 5.65. The molecule has 250 valence electrons. The van der Waals surface area contributed by atoms with Gasteiger partial charge in [-0.2, -0.15) is 0 Å². The number of hydrogen-bond acceptors (Lipinski definition) is 3. The van der Waals surface area contributed by atoms with Crippen LogP contribution in [0.2, 0.25) is 0 Å². The monoisotopic (exact) mass is 596 g/mol. The van der Waals surface area contributed by atoms with Crippen molar-refractivity contribution in [1.29, 1.82) is 0 Å². The highest BCUT2D eigenvalue weighted by Gasteiger charge is 2.16. The molecule has 1 amide bonds. The number of rotatable bonds is 33. The molecule has 5 nitrogen and oxygen atoms in total. The van der Waals surface area contributed by atoms with Gasteiger partial charge in [0, 0.05) is 25.8 Å². The molecule has 0 atom stereocenters. The van der Waals surface area contributed by atoms with Crippen LogP contribution in [0.3, 0.4) is 0 Å². The van der Waals surface area contributed by atoms with E-state index < -0.39 is 0 Å². The van der Waals surface area contributed by atoms with Gasteiger partial charge in [0.25, 0.3) is 0 Å². The molecular weight excluding hydrogens is 520 g/mol. The van der Waals surface area contributed by atoms with Crippen molar-refractivity contribution in [1.82, 2.24) is 5.32 Å². The van der Waals surface area contributed by atoms with Gasteiger partial charge in [-0.05, 0) is 12.8 Å². The van der Waals surface area contributed by atoms with Crippen molar-refractivity contribution in [2.45, 2.75) is 187 Å². The Morgan fingerprint density at radius 1 is 0.500 bits per heavy atom. The van der Waals surface area contributed by atoms with Crippen molar-refractivity contribution in [2.24, 2.45) is 0 Å². The van der Waals surface area contributed by atoms with E-state index in [-0.39, 0.29) is 11.9 Å². The highest BCUT2D eigenvalue weighted by atomic mass is 16.5. The van der Waals surface area contributed by atoms with E-state index in [1.807, 2.05) is 0 Å². The first-order valence-electron chi connectivity index (χ1n) is 18.7. The van der Waals surface area contributed by atoms with Crippen LogP contribution >= 0.6 is 0 Å². The topological polar surface area (TPSA) is 55.4 Å². The van der Waals surface area contributed by atoms with Crippen molar-refractivity contribution < 1.29 is 18.8 Å². The zero-order chi connectivity index (χ0) is 31.0. The van der Waals surface area contributed by atoms with E-state index in [0.29, 0.717) is 19.4 Å². The van der Waals surface area contributed by atoms with Crippen molar-refractivity contribution >= 4 is 11.9 Å². The maximum absolute atomic E-state index is 12.1. The number of hydrogen-bond donors (Lipinski definition) is 1. The molecule has 0 aromatic rings. The fraction of sp³-hybridized carbons (Fsp3) is 0.946. The Bertz CT molecular complexity index is 594. The molecule has 0 aliphatic rings. The van der Waals surface area contributed by atoms with Gasteiger partial charge in [-0.15, -0.1) is 0 Å². The van der Waals surface area contributed by atoms with Crippen LogP contribution in [0, 0.1) is 0 Å². The predicted molar refractivity (Wildman–Crippen MR) is 182 cm³/mol. The molecule has 0 heterocycles. The van der Waals surface area contributed by atoms with E-state index in [1.54, 1.807) is 0 Å². The van der Waals surface area contributed by atoms with Crippen LogP contribution in [0.5, 0.6) is 0 Å². The molecule has 0 aliphatic carbocycles. The van der Waals surface area contributed by atoms with E-state index in [9.17, 15) is 9.59 Å². The van der Waals surface area contributed by atoms with Crippen molar-refractivity contribution in [3.8, 4) is 0 Å². The van der Waals surface area contributed by atoms with Crippen LogP contribution in [0.1, 0.15) is 187 Å². The van der Waals surface area contributed by atoms with Gasteiger partial charge in [-0.1, -0.05) is 155 Å². The smallest absolute Gasteiger partial charge is 0.305 e. The lowest BCUT2D eigenvalue weighted by Gasteiger charge is -2.29. The molecule has 0 aromatic heterocycles. The first kappa shape index (κ1) is 40.9. The summed E-state index contributed by atoms with van der Waals surface area (Å²) in [5, 5.41) is 3.09. The lowest BCUT2D eigenvalue weighted by atomic mass is 10.0. The zero-order valence-corrected chi connectivity index (χ0v) is 29.1. The zero-order valence-electron chi connectivity index (χ0n) is 29.1. The molecule has 0 saturated heterocycles. The van der Waals surface area contributed by atoms with Crippen LogP contribution in [0.15, 0.2) is 0 Å². The first-order chi connectivity index (χ1) is 20.4. The van der Waals surface area contributed by atoms with Gasteiger partial charge in [0.1, 0.15) is 13.2 Å². The highest BCUT2D eigenvalue weighted by Crippen LogP contribution is 2.14. The Hall–Kier alpha value is -1.10. The number of nitrogens with zero attached hydrogens (tertiary/aromatic N) is 1. The predicted octanol–water partition coefficient (Wildman–Crippen LogP) is 10.3. The second-order valence-electron chi connectivity index (χ2n) is 13.6. The Morgan fingerprint density at radius 2 is 0.881 bits per heavy atom. The molecule has 0 spiro atoms. The van der Waals surface area contributed by atoms with E-state index in [0.717, 1.165) is 49.8 Å². The van der Waals surface area contributed by atoms with Gasteiger partial charge in [0.05, 0.1) is 20.6 Å². The van der Waals surface area contributed by atoms with Crippen LogP contribution < -0.4 is 5.32 Å². The van der Waals surface area contributed by atoms with E-state index in [1.165, 1.54) is 135 Å². The SMILES string of the molecule is CCCCCCCCCCCCCCC(=O)NCCC[N+](C)(C)CCOC(=O)CCCCCCCCCCCCCC. The summed E-state index contributed by atoms with van der Waals surface area (Å²) >= 11 is 0. The van der Waals surface area contributed by atoms with Crippen LogP contribution in [-0.2, 0) is 14.3 Å². The maximum Gasteiger partial charge on any atom is 0.305 e. The maximum atomic E-state index is 12.1. The van der Waals surface area contributed by atoms with Gasteiger partial charge in [-0.25, -0.2) is 0 Å². The first-order valence-corrected chi connectivity index (χ1v) is 18.7. The summed E-state index contributed by atoms with van der Waals surface area (Å²) in [7, 11) is 4.35. The normalized spacial score (nSPS) is 11.6. The van der Waals surface area contributed by atoms with Gasteiger partial charge in [0.2, 0.25) is 5.91 Å². The third-order valence-electron chi connectivity index (χ3n) is 8.71. The number of carbonyl (C=O) groups excluding carboxylic acids is 2. The lowest BCUT2D eigenvalue weighted by molar-refractivity contribution is -0.890. The summed E-state index contributed by atoms with van der Waals surface area (Å²) in [6.07, 6.45) is 33.6. The molecule has 0 bridgehead atoms. The van der Waals surface area contributed by atoms with Crippen molar-refractivity contribution in [3.63, 3.8) is 0 Å². The number of unbranched alkanes of at least 4 members (excludes halogenated alkanes) is 22. The molecule has 0 rings (SSSR count). The minimum Gasteiger partial charge on any atom is -0.460 e. The molecule has 42 heavy (non-hydrogen) atoms. The Labute approximate surface area is 263 Å². The molecule has 0 radical (unpaired) electrons. The molecule has 1 N–H and O–H groups in total. The van der Waals surface area contributed by atoms with Crippen LogP contribution in [0.25, 0.3) is 0 Å². The largest absolute Gasteiger partial charge is 0.460 e. The Kier molecular flexibility index (Phi) is 30.5. The van der Waals surface area contributed by atoms with Gasteiger partial charge >= 0.3 is 5.97 Å². The van der Waals surface area contributed by atoms with E-state index >= 15 is 0 Å². The Balaban J connectivity index is 3.50. The number of ether oxygens (including phenoxy) is 1. The number of quaternary nitrogens is 1. The second kappa shape index (κ2) is 31.3. The number of amides is 1. The summed E-state index contributed by atoms with van der Waals surface area (Å²) in [4.78, 5) is 24.2. The lowest BCUT2D eigenvalue weighted by Crippen LogP contribution is -2.44. The molecule has 0 saturated carbocycles. The number of esters is 1. The number of carbonyl (C=O) groups is 2. The average Bonchev–Trinajstić information content (AvgIpc) is 2.96. The minimum atomic E-state index is -0.0489. The van der Waals surface area contributed by atoms with Crippen molar-refractivity contribution in [2.75, 3.05) is 40.3 Å². The van der Waals surface area contributed by atoms with E-state index in [4.69, 9.17) is 4.74 Å². The van der Waals surface area contributed by atoms with Gasteiger partial charge < -0.3 is 14.5 Å². The quantitative estimate of drug-likeness (QED) is 0.0466. The number of nitrogens with one attached hydrogen (secondary N) is 1. The van der Waals surface area contributed by atoms with Crippen LogP contribution in [0.4, 0.5) is 0 Å². The summed E-state index contributed by atoms with van der Waals surface area (Å²) in [6.45, 7) is 7.54. The molecule has 5 heteroatoms. The fourth-order valence-electron chi connectivity index (χ4n) is 5.65. The summed E-state index contributed by atoms with van der Waals surface area (Å²) in [5.74, 6) is 0.145. The number of likely N-dealkylation sites (N-methyl/N-ethyl adjacent to an activating group) is 1. The molecular formula is C37H75N2O3+.